The van der Waals surface area contributed by atoms with Gasteiger partial charge >= 0.3 is 0 Å². The monoisotopic (exact) mass is 452 g/mol. The lowest BCUT2D eigenvalue weighted by atomic mass is 9.90. The van der Waals surface area contributed by atoms with Crippen molar-refractivity contribution in [1.82, 2.24) is 9.29 Å². The molecule has 7 heteroatoms. The fourth-order valence-electron chi connectivity index (χ4n) is 4.63. The van der Waals surface area contributed by atoms with Crippen molar-refractivity contribution in [3.8, 4) is 0 Å². The van der Waals surface area contributed by atoms with Crippen LogP contribution in [0.25, 0.3) is 10.9 Å². The van der Waals surface area contributed by atoms with Crippen molar-refractivity contribution >= 4 is 20.9 Å². The van der Waals surface area contributed by atoms with E-state index in [9.17, 15) is 17.2 Å². The Morgan fingerprint density at radius 1 is 0.906 bits per heavy atom. The quantitative estimate of drug-likeness (QED) is 0.446. The molecule has 0 saturated carbocycles. The number of nitrogens with zero attached hydrogens (tertiary/aromatic N) is 1. The van der Waals surface area contributed by atoms with Crippen LogP contribution < -0.4 is 5.32 Å². The lowest BCUT2D eigenvalue weighted by Crippen LogP contribution is -2.27. The second kappa shape index (κ2) is 8.15. The molecule has 32 heavy (non-hydrogen) atoms. The third kappa shape index (κ3) is 3.42. The second-order valence-corrected chi connectivity index (χ2v) is 9.77. The highest BCUT2D eigenvalue weighted by molar-refractivity contribution is 7.90. The number of hydrogen-bond acceptors (Lipinski definition) is 3. The van der Waals surface area contributed by atoms with Crippen molar-refractivity contribution in [3.05, 3.63) is 101 Å². The van der Waals surface area contributed by atoms with E-state index < -0.39 is 21.7 Å². The van der Waals surface area contributed by atoms with Crippen molar-refractivity contribution in [2.24, 2.45) is 0 Å². The van der Waals surface area contributed by atoms with Crippen molar-refractivity contribution in [3.63, 3.8) is 0 Å². The summed E-state index contributed by atoms with van der Waals surface area (Å²) in [5.74, 6) is -1.19. The summed E-state index contributed by atoms with van der Waals surface area (Å²) in [4.78, 5) is 0.229. The van der Waals surface area contributed by atoms with Crippen molar-refractivity contribution in [2.45, 2.75) is 36.7 Å². The van der Waals surface area contributed by atoms with Gasteiger partial charge < -0.3 is 5.32 Å². The first-order valence-corrected chi connectivity index (χ1v) is 12.0. The Bertz CT molecular complexity index is 1380. The zero-order valence-electron chi connectivity index (χ0n) is 17.3. The van der Waals surface area contributed by atoms with Crippen LogP contribution in [0, 0.1) is 11.6 Å². The average molecular weight is 453 g/mol. The fourth-order valence-corrected chi connectivity index (χ4v) is 6.24. The van der Waals surface area contributed by atoms with Gasteiger partial charge in [-0.15, -0.1) is 0 Å². The predicted molar refractivity (Wildman–Crippen MR) is 120 cm³/mol. The maximum absolute atomic E-state index is 14.1. The molecule has 0 fully saturated rings. The zero-order valence-corrected chi connectivity index (χ0v) is 18.1. The van der Waals surface area contributed by atoms with Gasteiger partial charge in [0.1, 0.15) is 11.6 Å². The minimum atomic E-state index is -3.80. The first-order chi connectivity index (χ1) is 15.5. The molecule has 1 aromatic heterocycles. The second-order valence-electron chi connectivity index (χ2n) is 7.99. The molecule has 5 rings (SSSR count). The van der Waals surface area contributed by atoms with Gasteiger partial charge in [-0.3, -0.25) is 0 Å². The molecule has 1 aliphatic carbocycles. The third-order valence-corrected chi connectivity index (χ3v) is 7.86. The van der Waals surface area contributed by atoms with Crippen LogP contribution in [0.2, 0.25) is 0 Å². The van der Waals surface area contributed by atoms with Crippen LogP contribution in [0.1, 0.15) is 35.7 Å². The van der Waals surface area contributed by atoms with E-state index >= 15 is 0 Å². The van der Waals surface area contributed by atoms with Gasteiger partial charge in [0.15, 0.2) is 0 Å². The molecule has 0 aliphatic heterocycles. The van der Waals surface area contributed by atoms with Gasteiger partial charge in [-0.1, -0.05) is 42.5 Å². The Labute approximate surface area is 185 Å². The maximum atomic E-state index is 14.1. The van der Waals surface area contributed by atoms with Gasteiger partial charge in [0, 0.05) is 29.2 Å². The molecule has 0 saturated heterocycles. The molecule has 1 heterocycles. The van der Waals surface area contributed by atoms with E-state index in [2.05, 4.69) is 5.32 Å². The Kier molecular flexibility index (Phi) is 5.31. The number of nitrogens with one attached hydrogen (secondary N) is 1. The van der Waals surface area contributed by atoms with Crippen molar-refractivity contribution in [1.29, 1.82) is 0 Å². The Morgan fingerprint density at radius 3 is 2.34 bits per heavy atom. The summed E-state index contributed by atoms with van der Waals surface area (Å²) < 4.78 is 56.9. The summed E-state index contributed by atoms with van der Waals surface area (Å²) in [7, 11) is -3.80. The van der Waals surface area contributed by atoms with E-state index in [-0.39, 0.29) is 23.0 Å². The first-order valence-electron chi connectivity index (χ1n) is 10.6. The minimum absolute atomic E-state index is 0.0136. The zero-order chi connectivity index (χ0) is 22.3. The van der Waals surface area contributed by atoms with Crippen LogP contribution >= 0.6 is 0 Å². The van der Waals surface area contributed by atoms with Crippen LogP contribution in [0.15, 0.2) is 77.7 Å². The molecular weight excluding hydrogens is 430 g/mol. The van der Waals surface area contributed by atoms with E-state index in [0.29, 0.717) is 11.9 Å². The molecule has 4 aromatic rings. The van der Waals surface area contributed by atoms with Gasteiger partial charge in [-0.05, 0) is 55.2 Å². The summed E-state index contributed by atoms with van der Waals surface area (Å²) >= 11 is 0. The predicted octanol–water partition coefficient (Wildman–Crippen LogP) is 5.32. The summed E-state index contributed by atoms with van der Waals surface area (Å²) in [6, 6.07) is 19.4. The number of benzene rings is 3. The van der Waals surface area contributed by atoms with E-state index in [0.717, 1.165) is 29.5 Å². The minimum Gasteiger partial charge on any atom is -0.306 e. The normalized spacial score (nSPS) is 16.2. The standard InChI is InChI=1S/C25H22F2N2O2S/c26-20-11-6-12-21(27)19(20)16-28-22-13-7-15-24-25(22)18-10-4-5-14-23(18)29(24)32(30,31)17-8-2-1-3-9-17/h1-6,8-12,14,22,28H,7,13,15-16H2. The summed E-state index contributed by atoms with van der Waals surface area (Å²) in [6.07, 6.45) is 2.13. The molecule has 1 atom stereocenters. The molecule has 1 aliphatic rings. The number of hydrogen-bond donors (Lipinski definition) is 1. The number of fused-ring (bicyclic) bond motifs is 3. The largest absolute Gasteiger partial charge is 0.306 e. The number of halogens is 2. The van der Waals surface area contributed by atoms with Gasteiger partial charge in [-0.2, -0.15) is 0 Å². The Hall–Kier alpha value is -3.03. The van der Waals surface area contributed by atoms with E-state index in [1.54, 1.807) is 30.3 Å². The van der Waals surface area contributed by atoms with Crippen LogP contribution in [0.4, 0.5) is 8.78 Å². The molecule has 1 N–H and O–H groups in total. The topological polar surface area (TPSA) is 51.1 Å². The van der Waals surface area contributed by atoms with E-state index in [4.69, 9.17) is 0 Å². The lowest BCUT2D eigenvalue weighted by Gasteiger charge is -2.26. The van der Waals surface area contributed by atoms with Gasteiger partial charge in [0.2, 0.25) is 0 Å². The van der Waals surface area contributed by atoms with E-state index in [1.807, 2.05) is 24.3 Å². The number of aromatic nitrogens is 1. The Balaban J connectivity index is 1.62. The third-order valence-electron chi connectivity index (χ3n) is 6.09. The van der Waals surface area contributed by atoms with Gasteiger partial charge in [0.25, 0.3) is 10.0 Å². The molecule has 0 amide bonds. The summed E-state index contributed by atoms with van der Waals surface area (Å²) in [5, 5.41) is 4.13. The summed E-state index contributed by atoms with van der Waals surface area (Å²) in [6.45, 7) is 0.0214. The molecule has 4 nitrogen and oxygen atoms in total. The van der Waals surface area contributed by atoms with Crippen LogP contribution in [-0.4, -0.2) is 12.4 Å². The van der Waals surface area contributed by atoms with Crippen LogP contribution in [0.3, 0.4) is 0 Å². The maximum Gasteiger partial charge on any atom is 0.268 e. The first kappa shape index (κ1) is 20.8. The molecule has 3 aromatic carbocycles. The van der Waals surface area contributed by atoms with Gasteiger partial charge in [0.05, 0.1) is 10.4 Å². The van der Waals surface area contributed by atoms with Crippen molar-refractivity contribution in [2.75, 3.05) is 0 Å². The smallest absolute Gasteiger partial charge is 0.268 e. The van der Waals surface area contributed by atoms with Crippen molar-refractivity contribution < 1.29 is 17.2 Å². The highest BCUT2D eigenvalue weighted by atomic mass is 32.2. The van der Waals surface area contributed by atoms with Crippen LogP contribution in [0.5, 0.6) is 0 Å². The Morgan fingerprint density at radius 2 is 1.59 bits per heavy atom. The fraction of sp³-hybridized carbons (Fsp3) is 0.200. The molecule has 164 valence electrons. The van der Waals surface area contributed by atoms with Crippen LogP contribution in [-0.2, 0) is 23.0 Å². The molecule has 1 unspecified atom stereocenters. The average Bonchev–Trinajstić information content (AvgIpc) is 3.15. The summed E-state index contributed by atoms with van der Waals surface area (Å²) in [5.41, 5.74) is 2.23. The lowest BCUT2D eigenvalue weighted by molar-refractivity contribution is 0.442. The molecule has 0 radical (unpaired) electrons. The number of rotatable bonds is 5. The SMILES string of the molecule is O=S(=O)(c1ccccc1)n1c2c(c3ccccc31)C(NCc1c(F)cccc1F)CCC2. The molecular formula is C25H22F2N2O2S. The van der Waals surface area contributed by atoms with Gasteiger partial charge in [-0.25, -0.2) is 21.2 Å². The molecule has 0 spiro atoms. The highest BCUT2D eigenvalue weighted by Crippen LogP contribution is 2.40. The number of para-hydroxylation sites is 1. The highest BCUT2D eigenvalue weighted by Gasteiger charge is 2.32. The van der Waals surface area contributed by atoms with E-state index in [1.165, 1.54) is 22.2 Å². The molecule has 0 bridgehead atoms.